The molecule has 1 N–H and O–H groups in total. The fraction of sp³-hybridized carbons (Fsp3) is 0.346. The topological polar surface area (TPSA) is 106 Å². The van der Waals surface area contributed by atoms with Crippen molar-refractivity contribution in [2.75, 3.05) is 4.90 Å². The number of thiophene rings is 1. The highest BCUT2D eigenvalue weighted by Gasteiger charge is 2.36. The molecule has 0 fully saturated rings. The van der Waals surface area contributed by atoms with Gasteiger partial charge in [-0.1, -0.05) is 23.8 Å². The number of nitrogens with one attached hydrogen (secondary N) is 1. The van der Waals surface area contributed by atoms with Gasteiger partial charge in [0.05, 0.1) is 0 Å². The molecule has 0 aliphatic carbocycles. The highest BCUT2D eigenvalue weighted by Crippen LogP contribution is 2.34. The third-order valence-corrected chi connectivity index (χ3v) is 6.31. The lowest BCUT2D eigenvalue weighted by Crippen LogP contribution is -2.50. The molecule has 0 aliphatic heterocycles. The summed E-state index contributed by atoms with van der Waals surface area (Å²) < 4.78 is 5.57. The molecular formula is C26H30N6O3S. The maximum absolute atomic E-state index is 13.9. The van der Waals surface area contributed by atoms with E-state index in [4.69, 9.17) is 4.42 Å². The van der Waals surface area contributed by atoms with Crippen molar-refractivity contribution in [1.82, 2.24) is 25.5 Å². The lowest BCUT2D eigenvalue weighted by atomic mass is 10.0. The molecule has 4 rings (SSSR count). The molecule has 0 saturated heterocycles. The van der Waals surface area contributed by atoms with Crippen molar-refractivity contribution in [2.24, 2.45) is 0 Å². The van der Waals surface area contributed by atoms with Gasteiger partial charge in [-0.05, 0) is 82.0 Å². The summed E-state index contributed by atoms with van der Waals surface area (Å²) in [5.74, 6) is 0.871. The molecule has 0 bridgehead atoms. The predicted molar refractivity (Wildman–Crippen MR) is 139 cm³/mol. The van der Waals surface area contributed by atoms with Crippen LogP contribution in [0, 0.1) is 20.8 Å². The van der Waals surface area contributed by atoms with Gasteiger partial charge in [0.15, 0.2) is 5.76 Å². The highest BCUT2D eigenvalue weighted by molar-refractivity contribution is 7.10. The van der Waals surface area contributed by atoms with Crippen LogP contribution in [-0.2, 0) is 16.1 Å². The molecule has 0 unspecified atom stereocenters. The number of carbonyl (C=O) groups excluding carboxylic acids is 2. The van der Waals surface area contributed by atoms with Gasteiger partial charge in [-0.3, -0.25) is 14.5 Å². The number of benzene rings is 1. The molecule has 0 aliphatic rings. The summed E-state index contributed by atoms with van der Waals surface area (Å²) in [5.41, 5.74) is 2.11. The zero-order valence-electron chi connectivity index (χ0n) is 21.3. The number of aryl methyl sites for hydroxylation is 3. The molecule has 10 heteroatoms. The van der Waals surface area contributed by atoms with E-state index >= 15 is 0 Å². The maximum atomic E-state index is 13.9. The predicted octanol–water partition coefficient (Wildman–Crippen LogP) is 4.61. The van der Waals surface area contributed by atoms with E-state index in [1.54, 1.807) is 11.0 Å². The Morgan fingerprint density at radius 2 is 1.92 bits per heavy atom. The maximum Gasteiger partial charge on any atom is 0.251 e. The van der Waals surface area contributed by atoms with Crippen LogP contribution in [0.3, 0.4) is 0 Å². The Kier molecular flexibility index (Phi) is 7.07. The second kappa shape index (κ2) is 10.1. The van der Waals surface area contributed by atoms with Crippen LogP contribution in [0.15, 0.2) is 52.3 Å². The lowest BCUT2D eigenvalue weighted by Gasteiger charge is -2.33. The molecule has 9 nitrogen and oxygen atoms in total. The highest BCUT2D eigenvalue weighted by atomic mass is 32.1. The van der Waals surface area contributed by atoms with Crippen molar-refractivity contribution in [1.29, 1.82) is 0 Å². The summed E-state index contributed by atoms with van der Waals surface area (Å²) in [6, 6.07) is 12.2. The molecule has 3 aromatic heterocycles. The van der Waals surface area contributed by atoms with Gasteiger partial charge >= 0.3 is 0 Å². The molecular weight excluding hydrogens is 476 g/mol. The number of furan rings is 1. The van der Waals surface area contributed by atoms with Crippen LogP contribution in [0.1, 0.15) is 48.6 Å². The quantitative estimate of drug-likeness (QED) is 0.392. The molecule has 3 heterocycles. The number of aromatic nitrogens is 4. The summed E-state index contributed by atoms with van der Waals surface area (Å²) in [5, 5.41) is 17.4. The van der Waals surface area contributed by atoms with Crippen molar-refractivity contribution in [2.45, 2.75) is 59.7 Å². The number of amides is 2. The average Bonchev–Trinajstić information content (AvgIpc) is 3.53. The first-order valence-electron chi connectivity index (χ1n) is 11.6. The first-order valence-corrected chi connectivity index (χ1v) is 12.5. The summed E-state index contributed by atoms with van der Waals surface area (Å²) >= 11 is 1.43. The normalized spacial score (nSPS) is 12.4. The Balaban J connectivity index is 1.74. The Labute approximate surface area is 214 Å². The number of anilines is 1. The van der Waals surface area contributed by atoms with Crippen molar-refractivity contribution in [3.05, 3.63) is 69.6 Å². The fourth-order valence-electron chi connectivity index (χ4n) is 3.91. The van der Waals surface area contributed by atoms with E-state index in [1.807, 2.05) is 83.3 Å². The SMILES string of the molecule is Cc1ccc(N(C(=O)Cn2nnc(-c3ccc(C)o3)n2)[C@@H](C(=O)NC(C)(C)C)c2cccs2)c(C)c1. The largest absolute Gasteiger partial charge is 0.458 e. The summed E-state index contributed by atoms with van der Waals surface area (Å²) in [6.07, 6.45) is 0. The van der Waals surface area contributed by atoms with E-state index in [0.717, 1.165) is 21.8 Å². The first-order chi connectivity index (χ1) is 17.0. The van der Waals surface area contributed by atoms with Gasteiger partial charge in [0.1, 0.15) is 18.3 Å². The summed E-state index contributed by atoms with van der Waals surface area (Å²) in [4.78, 5) is 31.1. The van der Waals surface area contributed by atoms with Gasteiger partial charge in [-0.25, -0.2) is 0 Å². The Bertz CT molecular complexity index is 1370. The summed E-state index contributed by atoms with van der Waals surface area (Å²) in [7, 11) is 0. The standard InChI is InChI=1S/C26H30N6O3S/c1-16-9-11-19(17(2)14-16)32(23(21-8-7-13-36-21)25(34)27-26(4,5)6)22(33)15-31-29-24(28-30-31)20-12-10-18(3)35-20/h7-14,23H,15H2,1-6H3,(H,27,34)/t23-/m1/s1. The summed E-state index contributed by atoms with van der Waals surface area (Å²) in [6.45, 7) is 11.3. The van der Waals surface area contributed by atoms with Crippen molar-refractivity contribution in [3.63, 3.8) is 0 Å². The molecule has 1 atom stereocenters. The van der Waals surface area contributed by atoms with E-state index in [2.05, 4.69) is 20.7 Å². The van der Waals surface area contributed by atoms with E-state index in [1.165, 1.54) is 16.1 Å². The second-order valence-corrected chi connectivity index (χ2v) is 10.7. The number of rotatable bonds is 7. The number of hydrogen-bond acceptors (Lipinski definition) is 7. The van der Waals surface area contributed by atoms with Crippen LogP contribution in [0.5, 0.6) is 0 Å². The Morgan fingerprint density at radius 1 is 1.14 bits per heavy atom. The monoisotopic (exact) mass is 506 g/mol. The zero-order chi connectivity index (χ0) is 26.0. The van der Waals surface area contributed by atoms with Gasteiger partial charge in [0.2, 0.25) is 11.7 Å². The first kappa shape index (κ1) is 25.3. The third-order valence-electron chi connectivity index (χ3n) is 5.39. The van der Waals surface area contributed by atoms with Crippen LogP contribution in [0.25, 0.3) is 11.6 Å². The van der Waals surface area contributed by atoms with Crippen molar-refractivity contribution in [3.8, 4) is 11.6 Å². The van der Waals surface area contributed by atoms with E-state index in [-0.39, 0.29) is 24.2 Å². The van der Waals surface area contributed by atoms with Gasteiger partial charge in [-0.2, -0.15) is 4.80 Å². The second-order valence-electron chi connectivity index (χ2n) is 9.76. The third kappa shape index (κ3) is 5.71. The molecule has 4 aromatic rings. The number of nitrogens with zero attached hydrogens (tertiary/aromatic N) is 5. The Morgan fingerprint density at radius 3 is 2.53 bits per heavy atom. The van der Waals surface area contributed by atoms with E-state index in [0.29, 0.717) is 11.4 Å². The molecule has 0 radical (unpaired) electrons. The fourth-order valence-corrected chi connectivity index (χ4v) is 4.73. The Hall–Kier alpha value is -3.79. The number of hydrogen-bond donors (Lipinski definition) is 1. The van der Waals surface area contributed by atoms with Crippen LogP contribution in [-0.4, -0.2) is 37.6 Å². The van der Waals surface area contributed by atoms with Crippen LogP contribution >= 0.6 is 11.3 Å². The number of tetrazole rings is 1. The van der Waals surface area contributed by atoms with Crippen LogP contribution < -0.4 is 10.2 Å². The van der Waals surface area contributed by atoms with E-state index in [9.17, 15) is 9.59 Å². The molecule has 2 amide bonds. The van der Waals surface area contributed by atoms with Crippen LogP contribution in [0.4, 0.5) is 5.69 Å². The van der Waals surface area contributed by atoms with Gasteiger partial charge in [0, 0.05) is 16.1 Å². The average molecular weight is 507 g/mol. The minimum Gasteiger partial charge on any atom is -0.458 e. The zero-order valence-corrected chi connectivity index (χ0v) is 22.1. The van der Waals surface area contributed by atoms with Gasteiger partial charge in [0.25, 0.3) is 5.91 Å². The van der Waals surface area contributed by atoms with Crippen LogP contribution in [0.2, 0.25) is 0 Å². The smallest absolute Gasteiger partial charge is 0.251 e. The minimum atomic E-state index is -0.867. The van der Waals surface area contributed by atoms with Crippen molar-refractivity contribution >= 4 is 28.8 Å². The minimum absolute atomic E-state index is 0.204. The molecule has 0 saturated carbocycles. The van der Waals surface area contributed by atoms with Gasteiger partial charge < -0.3 is 9.73 Å². The van der Waals surface area contributed by atoms with Gasteiger partial charge in [-0.15, -0.1) is 21.5 Å². The lowest BCUT2D eigenvalue weighted by molar-refractivity contribution is -0.128. The molecule has 0 spiro atoms. The van der Waals surface area contributed by atoms with E-state index < -0.39 is 11.6 Å². The molecule has 1 aromatic carbocycles. The molecule has 188 valence electrons. The molecule has 36 heavy (non-hydrogen) atoms. The number of carbonyl (C=O) groups is 2. The van der Waals surface area contributed by atoms with Crippen molar-refractivity contribution < 1.29 is 14.0 Å².